The number of rotatable bonds is 5. The van der Waals surface area contributed by atoms with Gasteiger partial charge in [0, 0.05) is 18.9 Å². The first-order valence-electron chi connectivity index (χ1n) is 8.68. The largest absolute Gasteiger partial charge is 0.347 e. The molecule has 0 bridgehead atoms. The molecule has 0 saturated carbocycles. The number of nitrogens with zero attached hydrogens (tertiary/aromatic N) is 6. The van der Waals surface area contributed by atoms with Crippen LogP contribution in [0.2, 0.25) is 0 Å². The number of aromatic nitrogens is 6. The van der Waals surface area contributed by atoms with Gasteiger partial charge in [0.2, 0.25) is 0 Å². The number of hydrogen-bond acceptors (Lipinski definition) is 5. The van der Waals surface area contributed by atoms with Gasteiger partial charge >= 0.3 is 0 Å². The van der Waals surface area contributed by atoms with Gasteiger partial charge in [-0.3, -0.25) is 4.79 Å². The van der Waals surface area contributed by atoms with Crippen molar-refractivity contribution in [3.05, 3.63) is 72.3 Å². The maximum absolute atomic E-state index is 12.7. The van der Waals surface area contributed by atoms with E-state index in [1.54, 1.807) is 23.1 Å². The van der Waals surface area contributed by atoms with Crippen LogP contribution in [0.25, 0.3) is 11.5 Å². The van der Waals surface area contributed by atoms with Crippen molar-refractivity contribution in [2.75, 3.05) is 0 Å². The van der Waals surface area contributed by atoms with Crippen molar-refractivity contribution < 1.29 is 4.79 Å². The molecule has 1 amide bonds. The summed E-state index contributed by atoms with van der Waals surface area (Å²) in [7, 11) is 0. The first-order chi connectivity index (χ1) is 13.1. The number of amides is 1. The Balaban J connectivity index is 1.58. The van der Waals surface area contributed by atoms with Crippen LogP contribution in [-0.2, 0) is 6.54 Å². The van der Waals surface area contributed by atoms with Gasteiger partial charge in [0.1, 0.15) is 12.0 Å². The van der Waals surface area contributed by atoms with Crippen LogP contribution in [-0.4, -0.2) is 35.0 Å². The molecular formula is C19H19N7O. The molecule has 3 aromatic heterocycles. The lowest BCUT2D eigenvalue weighted by atomic mass is 10.1. The number of imidazole rings is 1. The van der Waals surface area contributed by atoms with Gasteiger partial charge < -0.3 is 9.88 Å². The Kier molecular flexibility index (Phi) is 4.37. The number of benzene rings is 1. The second kappa shape index (κ2) is 6.99. The van der Waals surface area contributed by atoms with Crippen LogP contribution < -0.4 is 5.32 Å². The van der Waals surface area contributed by atoms with Gasteiger partial charge in [0.05, 0.1) is 17.7 Å². The molecule has 0 radical (unpaired) electrons. The molecule has 1 aromatic carbocycles. The molecule has 0 unspecified atom stereocenters. The third kappa shape index (κ3) is 3.29. The lowest BCUT2D eigenvalue weighted by Crippen LogP contribution is -2.25. The minimum Gasteiger partial charge on any atom is -0.347 e. The molecule has 0 fully saturated rings. The standard InChI is InChI=1S/C19H19N7O/c1-13(2)17-9-15(24-19-22-11-23-26(17)19)18(27)21-10-14-5-3-4-6-16(14)25-8-7-20-12-25/h3-9,11-13H,10H2,1-2H3,(H,21,27). The summed E-state index contributed by atoms with van der Waals surface area (Å²) in [4.78, 5) is 25.2. The molecule has 0 spiro atoms. The molecule has 0 aliphatic rings. The quantitative estimate of drug-likeness (QED) is 0.589. The van der Waals surface area contributed by atoms with Gasteiger partial charge in [-0.05, 0) is 23.6 Å². The Labute approximate surface area is 155 Å². The van der Waals surface area contributed by atoms with E-state index in [0.29, 0.717) is 18.0 Å². The van der Waals surface area contributed by atoms with E-state index in [1.165, 1.54) is 6.33 Å². The van der Waals surface area contributed by atoms with Gasteiger partial charge in [-0.25, -0.2) is 14.5 Å². The first-order valence-corrected chi connectivity index (χ1v) is 8.68. The number of para-hydroxylation sites is 1. The summed E-state index contributed by atoms with van der Waals surface area (Å²) in [5.41, 5.74) is 3.18. The molecule has 1 N–H and O–H groups in total. The first kappa shape index (κ1) is 16.9. The fourth-order valence-corrected chi connectivity index (χ4v) is 2.94. The zero-order valence-electron chi connectivity index (χ0n) is 15.1. The maximum atomic E-state index is 12.7. The molecule has 4 rings (SSSR count). The molecule has 3 heterocycles. The van der Waals surface area contributed by atoms with Crippen molar-refractivity contribution in [2.24, 2.45) is 0 Å². The summed E-state index contributed by atoms with van der Waals surface area (Å²) >= 11 is 0. The van der Waals surface area contributed by atoms with E-state index in [1.807, 2.05) is 48.9 Å². The lowest BCUT2D eigenvalue weighted by molar-refractivity contribution is 0.0946. The molecular weight excluding hydrogens is 342 g/mol. The van der Waals surface area contributed by atoms with Crippen LogP contribution in [0.1, 0.15) is 41.5 Å². The van der Waals surface area contributed by atoms with Crippen molar-refractivity contribution >= 4 is 11.7 Å². The summed E-state index contributed by atoms with van der Waals surface area (Å²) in [6, 6.07) is 9.63. The van der Waals surface area contributed by atoms with Gasteiger partial charge in [-0.1, -0.05) is 32.0 Å². The lowest BCUT2D eigenvalue weighted by Gasteiger charge is -2.12. The highest BCUT2D eigenvalue weighted by molar-refractivity contribution is 5.92. The Bertz CT molecular complexity index is 1080. The van der Waals surface area contributed by atoms with Crippen molar-refractivity contribution in [3.8, 4) is 5.69 Å². The van der Waals surface area contributed by atoms with Crippen LogP contribution in [0, 0.1) is 0 Å². The average Bonchev–Trinajstić information content (AvgIpc) is 3.36. The maximum Gasteiger partial charge on any atom is 0.270 e. The van der Waals surface area contributed by atoms with Crippen LogP contribution in [0.15, 0.2) is 55.4 Å². The van der Waals surface area contributed by atoms with Crippen LogP contribution in [0.3, 0.4) is 0 Å². The highest BCUT2D eigenvalue weighted by atomic mass is 16.1. The summed E-state index contributed by atoms with van der Waals surface area (Å²) in [5.74, 6) is 0.360. The van der Waals surface area contributed by atoms with Crippen molar-refractivity contribution in [1.29, 1.82) is 0 Å². The molecule has 136 valence electrons. The van der Waals surface area contributed by atoms with Crippen molar-refractivity contribution in [1.82, 2.24) is 34.4 Å². The van der Waals surface area contributed by atoms with E-state index in [4.69, 9.17) is 0 Å². The third-order valence-corrected chi connectivity index (χ3v) is 4.32. The number of fused-ring (bicyclic) bond motifs is 1. The zero-order valence-corrected chi connectivity index (χ0v) is 15.1. The van der Waals surface area contributed by atoms with Crippen LogP contribution in [0.5, 0.6) is 0 Å². The second-order valence-corrected chi connectivity index (χ2v) is 6.47. The molecule has 0 atom stereocenters. The van der Waals surface area contributed by atoms with Gasteiger partial charge in [-0.2, -0.15) is 10.1 Å². The normalized spacial score (nSPS) is 11.2. The molecule has 0 aliphatic carbocycles. The number of nitrogens with one attached hydrogen (secondary N) is 1. The summed E-state index contributed by atoms with van der Waals surface area (Å²) in [5, 5.41) is 7.12. The smallest absolute Gasteiger partial charge is 0.270 e. The van der Waals surface area contributed by atoms with Crippen molar-refractivity contribution in [2.45, 2.75) is 26.3 Å². The fraction of sp³-hybridized carbons (Fsp3) is 0.211. The predicted octanol–water partition coefficient (Wildman–Crippen LogP) is 2.36. The summed E-state index contributed by atoms with van der Waals surface area (Å²) < 4.78 is 3.58. The number of carbonyl (C=O) groups excluding carboxylic acids is 1. The van der Waals surface area contributed by atoms with Crippen LogP contribution >= 0.6 is 0 Å². The number of hydrogen-bond donors (Lipinski definition) is 1. The topological polar surface area (TPSA) is 90.0 Å². The zero-order chi connectivity index (χ0) is 18.8. The molecule has 8 nitrogen and oxygen atoms in total. The monoisotopic (exact) mass is 361 g/mol. The Hall–Kier alpha value is -3.55. The predicted molar refractivity (Wildman–Crippen MR) is 99.6 cm³/mol. The molecule has 0 saturated heterocycles. The average molecular weight is 361 g/mol. The minimum atomic E-state index is -0.247. The van der Waals surface area contributed by atoms with Crippen LogP contribution in [0.4, 0.5) is 0 Å². The Morgan fingerprint density at radius 2 is 2.11 bits per heavy atom. The second-order valence-electron chi connectivity index (χ2n) is 6.47. The third-order valence-electron chi connectivity index (χ3n) is 4.32. The van der Waals surface area contributed by atoms with E-state index in [9.17, 15) is 4.79 Å². The van der Waals surface area contributed by atoms with E-state index in [0.717, 1.165) is 16.9 Å². The minimum absolute atomic E-state index is 0.186. The molecule has 0 aliphatic heterocycles. The molecule has 4 aromatic rings. The van der Waals surface area contributed by atoms with Gasteiger partial charge in [0.15, 0.2) is 0 Å². The summed E-state index contributed by atoms with van der Waals surface area (Å²) in [6.07, 6.45) is 6.77. The highest BCUT2D eigenvalue weighted by Crippen LogP contribution is 2.17. The fourth-order valence-electron chi connectivity index (χ4n) is 2.94. The molecule has 27 heavy (non-hydrogen) atoms. The number of carbonyl (C=O) groups is 1. The SMILES string of the molecule is CC(C)c1cc(C(=O)NCc2ccccc2-n2ccnc2)nc2ncnn12. The van der Waals surface area contributed by atoms with E-state index >= 15 is 0 Å². The Morgan fingerprint density at radius 3 is 2.89 bits per heavy atom. The van der Waals surface area contributed by atoms with Crippen molar-refractivity contribution in [3.63, 3.8) is 0 Å². The Morgan fingerprint density at radius 1 is 1.26 bits per heavy atom. The molecule has 8 heteroatoms. The van der Waals surface area contributed by atoms with Gasteiger partial charge in [0.25, 0.3) is 11.7 Å². The van der Waals surface area contributed by atoms with E-state index in [2.05, 4.69) is 25.4 Å². The summed E-state index contributed by atoms with van der Waals surface area (Å²) in [6.45, 7) is 4.46. The van der Waals surface area contributed by atoms with E-state index in [-0.39, 0.29) is 11.8 Å². The highest BCUT2D eigenvalue weighted by Gasteiger charge is 2.15. The van der Waals surface area contributed by atoms with E-state index < -0.39 is 0 Å². The van der Waals surface area contributed by atoms with Gasteiger partial charge in [-0.15, -0.1) is 0 Å².